The molecule has 26 heavy (non-hydrogen) atoms. The van der Waals surface area contributed by atoms with Gasteiger partial charge in [0.05, 0.1) is 24.8 Å². The molecule has 1 aliphatic rings. The molecule has 1 aromatic carbocycles. The molecule has 1 aliphatic heterocycles. The minimum absolute atomic E-state index is 0.306. The monoisotopic (exact) mass is 352 g/mol. The lowest BCUT2D eigenvalue weighted by molar-refractivity contribution is 0.0950. The Hall–Kier alpha value is -3.35. The van der Waals surface area contributed by atoms with E-state index in [4.69, 9.17) is 9.47 Å². The van der Waals surface area contributed by atoms with E-state index in [0.717, 1.165) is 24.2 Å². The fourth-order valence-electron chi connectivity index (χ4n) is 2.30. The summed E-state index contributed by atoms with van der Waals surface area (Å²) in [4.78, 5) is 12.2. The van der Waals surface area contributed by atoms with E-state index >= 15 is 0 Å². The fourth-order valence-corrected chi connectivity index (χ4v) is 2.30. The Balaban J connectivity index is 1.67. The molecule has 2 N–H and O–H groups in total. The molecule has 2 heterocycles. The second-order valence-corrected chi connectivity index (χ2v) is 5.54. The lowest BCUT2D eigenvalue weighted by Gasteiger charge is -2.08. The smallest absolute Gasteiger partial charge is 0.289 e. The van der Waals surface area contributed by atoms with E-state index in [-0.39, 0.29) is 5.91 Å². The van der Waals surface area contributed by atoms with Crippen molar-refractivity contribution in [3.05, 3.63) is 60.2 Å². The summed E-state index contributed by atoms with van der Waals surface area (Å²) in [5.74, 6) is 0.930. The minimum atomic E-state index is -0.390. The van der Waals surface area contributed by atoms with Crippen molar-refractivity contribution in [2.24, 2.45) is 5.10 Å². The van der Waals surface area contributed by atoms with Crippen molar-refractivity contribution < 1.29 is 14.3 Å². The number of nitrogens with zero attached hydrogens (tertiary/aromatic N) is 2. The second-order valence-electron chi connectivity index (χ2n) is 5.54. The zero-order valence-electron chi connectivity index (χ0n) is 14.4. The molecule has 0 unspecified atom stereocenters. The van der Waals surface area contributed by atoms with Crippen LogP contribution in [0.1, 0.15) is 30.3 Å². The highest BCUT2D eigenvalue weighted by Crippen LogP contribution is 2.28. The highest BCUT2D eigenvalue weighted by atomic mass is 16.5. The Morgan fingerprint density at radius 2 is 2.35 bits per heavy atom. The molecule has 0 saturated heterocycles. The summed E-state index contributed by atoms with van der Waals surface area (Å²) >= 11 is 0. The Bertz CT molecular complexity index is 852. The summed E-state index contributed by atoms with van der Waals surface area (Å²) < 4.78 is 11.0. The Morgan fingerprint density at radius 1 is 1.46 bits per heavy atom. The Kier molecular flexibility index (Phi) is 5.82. The number of amides is 1. The van der Waals surface area contributed by atoms with Gasteiger partial charge in [-0.1, -0.05) is 19.1 Å². The van der Waals surface area contributed by atoms with Gasteiger partial charge < -0.3 is 9.47 Å². The van der Waals surface area contributed by atoms with Crippen molar-refractivity contribution in [1.82, 2.24) is 15.6 Å². The van der Waals surface area contributed by atoms with Gasteiger partial charge in [0.1, 0.15) is 17.2 Å². The van der Waals surface area contributed by atoms with Crippen molar-refractivity contribution in [1.29, 1.82) is 0 Å². The van der Waals surface area contributed by atoms with E-state index in [0.29, 0.717) is 23.8 Å². The van der Waals surface area contributed by atoms with Crippen molar-refractivity contribution >= 4 is 12.1 Å². The van der Waals surface area contributed by atoms with E-state index in [1.165, 1.54) is 6.21 Å². The highest BCUT2D eigenvalue weighted by Gasteiger charge is 2.13. The molecule has 1 amide bonds. The number of H-pyrrole nitrogens is 1. The number of ether oxygens (including phenoxy) is 2. The zero-order chi connectivity index (χ0) is 18.2. The van der Waals surface area contributed by atoms with Crippen LogP contribution in [0.15, 0.2) is 59.6 Å². The summed E-state index contributed by atoms with van der Waals surface area (Å²) in [5.41, 5.74) is 4.21. The number of hydrazone groups is 1. The van der Waals surface area contributed by atoms with E-state index in [1.54, 1.807) is 12.3 Å². The SMILES string of the molecule is CCCOc1ccccc1-c1cc(C(=O)N/N=C/C2=CCC=CO2)[nH]n1. The van der Waals surface area contributed by atoms with Crippen LogP contribution in [0.2, 0.25) is 0 Å². The molecule has 0 bridgehead atoms. The first-order valence-electron chi connectivity index (χ1n) is 8.40. The zero-order valence-corrected chi connectivity index (χ0v) is 14.4. The van der Waals surface area contributed by atoms with Gasteiger partial charge in [0.25, 0.3) is 5.91 Å². The standard InChI is InChI=1S/C19H20N4O3/c1-2-10-26-18-9-4-3-8-15(18)16-12-17(22-21-16)19(24)23-20-13-14-7-5-6-11-25-14/h3-4,6-9,11-13H,2,5,10H2,1H3,(H,21,22)(H,23,24)/b20-13+. The third-order valence-electron chi connectivity index (χ3n) is 3.56. The van der Waals surface area contributed by atoms with Crippen LogP contribution in [0, 0.1) is 0 Å². The molecule has 2 aromatic rings. The van der Waals surface area contributed by atoms with E-state index < -0.39 is 0 Å². The molecule has 134 valence electrons. The second kappa shape index (κ2) is 8.66. The number of nitrogens with one attached hydrogen (secondary N) is 2. The van der Waals surface area contributed by atoms with E-state index in [9.17, 15) is 4.79 Å². The molecule has 3 rings (SSSR count). The van der Waals surface area contributed by atoms with Gasteiger partial charge in [0.2, 0.25) is 0 Å². The first kappa shape index (κ1) is 17.5. The Labute approximate surface area is 151 Å². The van der Waals surface area contributed by atoms with Crippen LogP contribution in [-0.2, 0) is 4.74 Å². The van der Waals surface area contributed by atoms with E-state index in [1.807, 2.05) is 43.3 Å². The number of para-hydroxylation sites is 1. The molecule has 0 saturated carbocycles. The van der Waals surface area contributed by atoms with E-state index in [2.05, 4.69) is 20.7 Å². The number of carbonyl (C=O) groups is 1. The number of benzene rings is 1. The third kappa shape index (κ3) is 4.38. The molecule has 0 fully saturated rings. The lowest BCUT2D eigenvalue weighted by atomic mass is 10.1. The molecule has 7 nitrogen and oxygen atoms in total. The van der Waals surface area contributed by atoms with Gasteiger partial charge in [-0.25, -0.2) is 5.43 Å². The average Bonchev–Trinajstić information content (AvgIpc) is 3.17. The maximum absolute atomic E-state index is 12.2. The summed E-state index contributed by atoms with van der Waals surface area (Å²) in [5, 5.41) is 10.8. The molecule has 0 spiro atoms. The number of rotatable bonds is 7. The largest absolute Gasteiger partial charge is 0.493 e. The summed E-state index contributed by atoms with van der Waals surface area (Å²) in [6.45, 7) is 2.67. The predicted octanol–water partition coefficient (Wildman–Crippen LogP) is 3.40. The van der Waals surface area contributed by atoms with Crippen LogP contribution in [-0.4, -0.2) is 28.9 Å². The van der Waals surface area contributed by atoms with Gasteiger partial charge in [-0.15, -0.1) is 0 Å². The van der Waals surface area contributed by atoms with Crippen LogP contribution in [0.5, 0.6) is 5.75 Å². The fraction of sp³-hybridized carbons (Fsp3) is 0.211. The van der Waals surface area contributed by atoms with Crippen molar-refractivity contribution in [3.63, 3.8) is 0 Å². The van der Waals surface area contributed by atoms with Crippen molar-refractivity contribution in [2.45, 2.75) is 19.8 Å². The van der Waals surface area contributed by atoms with Gasteiger partial charge in [0, 0.05) is 5.56 Å². The molecule has 0 atom stereocenters. The highest BCUT2D eigenvalue weighted by molar-refractivity contribution is 5.94. The van der Waals surface area contributed by atoms with Crippen molar-refractivity contribution in [2.75, 3.05) is 6.61 Å². The van der Waals surface area contributed by atoms with Crippen molar-refractivity contribution in [3.8, 4) is 17.0 Å². The van der Waals surface area contributed by atoms with Crippen LogP contribution in [0.3, 0.4) is 0 Å². The number of hydrogen-bond donors (Lipinski definition) is 2. The average molecular weight is 352 g/mol. The van der Waals surface area contributed by atoms with Crippen LogP contribution in [0.4, 0.5) is 0 Å². The predicted molar refractivity (Wildman–Crippen MR) is 98.7 cm³/mol. The number of hydrogen-bond acceptors (Lipinski definition) is 5. The topological polar surface area (TPSA) is 88.6 Å². The molecule has 7 heteroatoms. The van der Waals surface area contributed by atoms with Gasteiger partial charge in [-0.3, -0.25) is 9.89 Å². The molecule has 1 aromatic heterocycles. The lowest BCUT2D eigenvalue weighted by Crippen LogP contribution is -2.18. The van der Waals surface area contributed by atoms with Gasteiger partial charge in [-0.05, 0) is 43.2 Å². The maximum Gasteiger partial charge on any atom is 0.289 e. The molecular weight excluding hydrogens is 332 g/mol. The number of aromatic nitrogens is 2. The minimum Gasteiger partial charge on any atom is -0.493 e. The maximum atomic E-state index is 12.2. The quantitative estimate of drug-likeness (QED) is 0.590. The number of allylic oxidation sites excluding steroid dienone is 3. The van der Waals surface area contributed by atoms with Gasteiger partial charge >= 0.3 is 0 Å². The van der Waals surface area contributed by atoms with Gasteiger partial charge in [0.15, 0.2) is 0 Å². The normalized spacial score (nSPS) is 13.3. The van der Waals surface area contributed by atoms with Crippen LogP contribution in [0.25, 0.3) is 11.3 Å². The summed E-state index contributed by atoms with van der Waals surface area (Å²) in [7, 11) is 0. The first-order valence-corrected chi connectivity index (χ1v) is 8.40. The number of carbonyl (C=O) groups excluding carboxylic acids is 1. The summed E-state index contributed by atoms with van der Waals surface area (Å²) in [6, 6.07) is 9.26. The van der Waals surface area contributed by atoms with Gasteiger partial charge in [-0.2, -0.15) is 10.2 Å². The number of aromatic amines is 1. The molecular formula is C19H20N4O3. The Morgan fingerprint density at radius 3 is 3.15 bits per heavy atom. The summed E-state index contributed by atoms with van der Waals surface area (Å²) in [6.07, 6.45) is 8.46. The first-order chi connectivity index (χ1) is 12.8. The third-order valence-corrected chi connectivity index (χ3v) is 3.56. The van der Waals surface area contributed by atoms with Crippen LogP contribution < -0.4 is 10.2 Å². The molecule has 0 radical (unpaired) electrons. The molecule has 0 aliphatic carbocycles. The van der Waals surface area contributed by atoms with Crippen LogP contribution >= 0.6 is 0 Å².